The van der Waals surface area contributed by atoms with Crippen molar-refractivity contribution < 1.29 is 9.18 Å². The van der Waals surface area contributed by atoms with Crippen molar-refractivity contribution in [3.8, 4) is 0 Å². The fourth-order valence-electron chi connectivity index (χ4n) is 2.66. The number of halogens is 1. The van der Waals surface area contributed by atoms with E-state index in [1.807, 2.05) is 0 Å². The topological polar surface area (TPSA) is 44.4 Å². The largest absolute Gasteiger partial charge is 0.324 e. The van der Waals surface area contributed by atoms with E-state index in [0.29, 0.717) is 17.6 Å². The van der Waals surface area contributed by atoms with Crippen molar-refractivity contribution in [3.05, 3.63) is 30.1 Å². The Bertz CT molecular complexity index is 466. The Morgan fingerprint density at radius 2 is 2.30 bits per heavy atom. The standard InChI is InChI=1S/C15H22FN3O/c1-3-17-14-7-8-19(10-11(14)2)15(20)18-13-6-4-5-12(16)9-13/h4-6,9,11,14,17H,3,7-8,10H2,1-2H3,(H,18,20). The molecule has 0 aliphatic carbocycles. The van der Waals surface area contributed by atoms with Crippen LogP contribution in [0.15, 0.2) is 24.3 Å². The van der Waals surface area contributed by atoms with Crippen LogP contribution in [-0.4, -0.2) is 36.6 Å². The number of piperidine rings is 1. The van der Waals surface area contributed by atoms with Crippen molar-refractivity contribution >= 4 is 11.7 Å². The van der Waals surface area contributed by atoms with E-state index in [2.05, 4.69) is 24.5 Å². The van der Waals surface area contributed by atoms with E-state index in [1.54, 1.807) is 17.0 Å². The molecule has 1 aliphatic heterocycles. The predicted molar refractivity (Wildman–Crippen MR) is 78.2 cm³/mol. The quantitative estimate of drug-likeness (QED) is 0.893. The lowest BCUT2D eigenvalue weighted by molar-refractivity contribution is 0.161. The summed E-state index contributed by atoms with van der Waals surface area (Å²) >= 11 is 0. The zero-order valence-corrected chi connectivity index (χ0v) is 12.0. The number of carbonyl (C=O) groups is 1. The van der Waals surface area contributed by atoms with Gasteiger partial charge in [0.25, 0.3) is 0 Å². The molecule has 110 valence electrons. The molecule has 0 saturated carbocycles. The van der Waals surface area contributed by atoms with E-state index in [4.69, 9.17) is 0 Å². The van der Waals surface area contributed by atoms with Gasteiger partial charge in [0.2, 0.25) is 0 Å². The van der Waals surface area contributed by atoms with Crippen LogP contribution in [0.5, 0.6) is 0 Å². The maximum absolute atomic E-state index is 13.1. The SMILES string of the molecule is CCNC1CCN(C(=O)Nc2cccc(F)c2)CC1C. The molecule has 20 heavy (non-hydrogen) atoms. The molecule has 4 nitrogen and oxygen atoms in total. The van der Waals surface area contributed by atoms with Gasteiger partial charge in [0.05, 0.1) is 0 Å². The Morgan fingerprint density at radius 3 is 2.95 bits per heavy atom. The van der Waals surface area contributed by atoms with Gasteiger partial charge in [-0.25, -0.2) is 9.18 Å². The van der Waals surface area contributed by atoms with Crippen LogP contribution >= 0.6 is 0 Å². The molecule has 0 bridgehead atoms. The van der Waals surface area contributed by atoms with E-state index < -0.39 is 0 Å². The van der Waals surface area contributed by atoms with Gasteiger partial charge in [-0.15, -0.1) is 0 Å². The predicted octanol–water partition coefficient (Wildman–Crippen LogP) is 2.68. The molecular formula is C15H22FN3O. The average molecular weight is 279 g/mol. The monoisotopic (exact) mass is 279 g/mol. The molecule has 0 radical (unpaired) electrons. The minimum absolute atomic E-state index is 0.155. The lowest BCUT2D eigenvalue weighted by Crippen LogP contribution is -2.51. The first-order valence-electron chi connectivity index (χ1n) is 7.15. The normalized spacial score (nSPS) is 22.6. The second-order valence-corrected chi connectivity index (χ2v) is 5.32. The van der Waals surface area contributed by atoms with Crippen LogP contribution in [0.3, 0.4) is 0 Å². The van der Waals surface area contributed by atoms with Crippen LogP contribution in [0.1, 0.15) is 20.3 Å². The molecule has 1 fully saturated rings. The van der Waals surface area contributed by atoms with Crippen LogP contribution in [0.25, 0.3) is 0 Å². The first-order chi connectivity index (χ1) is 9.60. The third-order valence-electron chi connectivity index (χ3n) is 3.73. The van der Waals surface area contributed by atoms with Gasteiger partial charge in [-0.2, -0.15) is 0 Å². The smallest absolute Gasteiger partial charge is 0.321 e. The second kappa shape index (κ2) is 6.70. The highest BCUT2D eigenvalue weighted by Crippen LogP contribution is 2.18. The summed E-state index contributed by atoms with van der Waals surface area (Å²) in [6.07, 6.45) is 0.950. The number of amides is 2. The first kappa shape index (κ1) is 14.8. The van der Waals surface area contributed by atoms with Gasteiger partial charge in [-0.3, -0.25) is 0 Å². The van der Waals surface area contributed by atoms with Crippen LogP contribution in [-0.2, 0) is 0 Å². The molecule has 0 aromatic heterocycles. The average Bonchev–Trinajstić information content (AvgIpc) is 2.41. The van der Waals surface area contributed by atoms with Gasteiger partial charge in [-0.1, -0.05) is 19.9 Å². The summed E-state index contributed by atoms with van der Waals surface area (Å²) in [5.41, 5.74) is 0.497. The van der Waals surface area contributed by atoms with Gasteiger partial charge < -0.3 is 15.5 Å². The summed E-state index contributed by atoms with van der Waals surface area (Å²) in [5, 5.41) is 6.19. The van der Waals surface area contributed by atoms with E-state index in [0.717, 1.165) is 26.1 Å². The number of urea groups is 1. The number of likely N-dealkylation sites (tertiary alicyclic amines) is 1. The van der Waals surface area contributed by atoms with E-state index in [1.165, 1.54) is 12.1 Å². The van der Waals surface area contributed by atoms with Crippen LogP contribution in [0, 0.1) is 11.7 Å². The molecule has 1 aromatic rings. The van der Waals surface area contributed by atoms with E-state index in [9.17, 15) is 9.18 Å². The summed E-state index contributed by atoms with van der Waals surface area (Å²) < 4.78 is 13.1. The highest BCUT2D eigenvalue weighted by atomic mass is 19.1. The summed E-state index contributed by atoms with van der Waals surface area (Å²) in [5.74, 6) is 0.0731. The molecular weight excluding hydrogens is 257 g/mol. The van der Waals surface area contributed by atoms with Crippen LogP contribution in [0.4, 0.5) is 14.9 Å². The Hall–Kier alpha value is -1.62. The molecule has 2 amide bonds. The fourth-order valence-corrected chi connectivity index (χ4v) is 2.66. The maximum Gasteiger partial charge on any atom is 0.321 e. The Labute approximate surface area is 119 Å². The highest BCUT2D eigenvalue weighted by molar-refractivity contribution is 5.89. The number of hydrogen-bond donors (Lipinski definition) is 2. The highest BCUT2D eigenvalue weighted by Gasteiger charge is 2.27. The molecule has 1 saturated heterocycles. The molecule has 0 spiro atoms. The third-order valence-corrected chi connectivity index (χ3v) is 3.73. The van der Waals surface area contributed by atoms with Gasteiger partial charge in [0.15, 0.2) is 0 Å². The zero-order valence-electron chi connectivity index (χ0n) is 12.0. The molecule has 1 aliphatic rings. The summed E-state index contributed by atoms with van der Waals surface area (Å²) in [7, 11) is 0. The second-order valence-electron chi connectivity index (χ2n) is 5.32. The van der Waals surface area contributed by atoms with Gasteiger partial charge in [0.1, 0.15) is 5.82 Å². The van der Waals surface area contributed by atoms with Crippen molar-refractivity contribution in [3.63, 3.8) is 0 Å². The Balaban J connectivity index is 1.91. The summed E-state index contributed by atoms with van der Waals surface area (Å²) in [6.45, 7) is 6.64. The number of hydrogen-bond acceptors (Lipinski definition) is 2. The summed E-state index contributed by atoms with van der Waals surface area (Å²) in [6, 6.07) is 6.28. The summed E-state index contributed by atoms with van der Waals surface area (Å²) in [4.78, 5) is 14.0. The van der Waals surface area contributed by atoms with Crippen molar-refractivity contribution in [2.45, 2.75) is 26.3 Å². The molecule has 2 N–H and O–H groups in total. The minimum atomic E-state index is -0.345. The Morgan fingerprint density at radius 1 is 1.50 bits per heavy atom. The van der Waals surface area contributed by atoms with Crippen LogP contribution in [0.2, 0.25) is 0 Å². The molecule has 2 atom stereocenters. The van der Waals surface area contributed by atoms with Gasteiger partial charge in [0, 0.05) is 24.8 Å². The lowest BCUT2D eigenvalue weighted by atomic mass is 9.94. The number of nitrogens with zero attached hydrogens (tertiary/aromatic N) is 1. The molecule has 1 aromatic carbocycles. The lowest BCUT2D eigenvalue weighted by Gasteiger charge is -2.37. The number of rotatable bonds is 3. The zero-order chi connectivity index (χ0) is 14.5. The first-order valence-corrected chi connectivity index (χ1v) is 7.15. The molecule has 2 unspecified atom stereocenters. The number of benzene rings is 1. The van der Waals surface area contributed by atoms with Crippen molar-refractivity contribution in [2.24, 2.45) is 5.92 Å². The van der Waals surface area contributed by atoms with Gasteiger partial charge in [-0.05, 0) is 37.1 Å². The minimum Gasteiger partial charge on any atom is -0.324 e. The number of anilines is 1. The fraction of sp³-hybridized carbons (Fsp3) is 0.533. The molecule has 5 heteroatoms. The van der Waals surface area contributed by atoms with Gasteiger partial charge >= 0.3 is 6.03 Å². The number of carbonyl (C=O) groups excluding carboxylic acids is 1. The third kappa shape index (κ3) is 3.70. The maximum atomic E-state index is 13.1. The Kier molecular flexibility index (Phi) is 4.95. The van der Waals surface area contributed by atoms with E-state index >= 15 is 0 Å². The number of nitrogens with one attached hydrogen (secondary N) is 2. The van der Waals surface area contributed by atoms with Crippen molar-refractivity contribution in [1.29, 1.82) is 0 Å². The van der Waals surface area contributed by atoms with E-state index in [-0.39, 0.29) is 11.8 Å². The molecule has 1 heterocycles. The van der Waals surface area contributed by atoms with Crippen molar-refractivity contribution in [2.75, 3.05) is 25.0 Å². The van der Waals surface area contributed by atoms with Crippen LogP contribution < -0.4 is 10.6 Å². The van der Waals surface area contributed by atoms with Crippen molar-refractivity contribution in [1.82, 2.24) is 10.2 Å². The molecule has 2 rings (SSSR count).